The van der Waals surface area contributed by atoms with E-state index < -0.39 is 23.1 Å². The van der Waals surface area contributed by atoms with Crippen molar-refractivity contribution < 1.29 is 19.4 Å². The van der Waals surface area contributed by atoms with Crippen molar-refractivity contribution in [2.75, 3.05) is 13.2 Å². The van der Waals surface area contributed by atoms with Gasteiger partial charge < -0.3 is 20.1 Å². The molecule has 1 saturated heterocycles. The van der Waals surface area contributed by atoms with E-state index in [4.69, 9.17) is 4.74 Å². The number of aliphatic carboxylic acids is 1. The minimum atomic E-state index is -1.41. The van der Waals surface area contributed by atoms with E-state index in [1.165, 1.54) is 4.57 Å². The Bertz CT molecular complexity index is 785. The van der Waals surface area contributed by atoms with Gasteiger partial charge in [0.05, 0.1) is 17.6 Å². The van der Waals surface area contributed by atoms with Gasteiger partial charge in [-0.05, 0) is 12.1 Å². The molecule has 2 aromatic rings. The number of para-hydroxylation sites is 2. The van der Waals surface area contributed by atoms with Gasteiger partial charge in [0.1, 0.15) is 6.54 Å². The summed E-state index contributed by atoms with van der Waals surface area (Å²) in [6.07, 6.45) is 0.205. The first-order chi connectivity index (χ1) is 10.5. The third kappa shape index (κ3) is 2.37. The number of carbonyl (C=O) groups excluding carboxylic acids is 1. The number of ether oxygens (including phenoxy) is 1. The predicted molar refractivity (Wildman–Crippen MR) is 76.5 cm³/mol. The molecule has 2 heterocycles. The number of imidazole rings is 1. The molecule has 1 aliphatic rings. The molecule has 1 atom stereocenters. The zero-order valence-corrected chi connectivity index (χ0v) is 11.7. The summed E-state index contributed by atoms with van der Waals surface area (Å²) in [4.78, 5) is 38.1. The molecule has 0 bridgehead atoms. The monoisotopic (exact) mass is 305 g/mol. The van der Waals surface area contributed by atoms with E-state index >= 15 is 0 Å². The lowest BCUT2D eigenvalue weighted by molar-refractivity contribution is -0.147. The Hall–Kier alpha value is -2.61. The lowest BCUT2D eigenvalue weighted by atomic mass is 9.99. The third-order valence-electron chi connectivity index (χ3n) is 3.79. The van der Waals surface area contributed by atoms with Crippen molar-refractivity contribution in [3.05, 3.63) is 34.7 Å². The lowest BCUT2D eigenvalue weighted by Crippen LogP contribution is -2.56. The zero-order chi connectivity index (χ0) is 15.7. The Morgan fingerprint density at radius 2 is 2.18 bits per heavy atom. The second-order valence-electron chi connectivity index (χ2n) is 5.27. The fourth-order valence-electron chi connectivity index (χ4n) is 2.60. The number of aromatic nitrogens is 2. The minimum absolute atomic E-state index is 0.0726. The maximum Gasteiger partial charge on any atom is 0.331 e. The summed E-state index contributed by atoms with van der Waals surface area (Å²) in [5.41, 5.74) is -0.608. The molecule has 0 radical (unpaired) electrons. The van der Waals surface area contributed by atoms with Gasteiger partial charge >= 0.3 is 11.7 Å². The molecule has 0 spiro atoms. The van der Waals surface area contributed by atoms with Crippen LogP contribution in [0.5, 0.6) is 0 Å². The van der Waals surface area contributed by atoms with Gasteiger partial charge in [-0.1, -0.05) is 12.1 Å². The summed E-state index contributed by atoms with van der Waals surface area (Å²) in [5.74, 6) is -1.68. The number of carboxylic acids is 1. The van der Waals surface area contributed by atoms with Crippen molar-refractivity contribution in [2.24, 2.45) is 0 Å². The molecule has 3 rings (SSSR count). The predicted octanol–water partition coefficient (Wildman–Crippen LogP) is -0.311. The van der Waals surface area contributed by atoms with Crippen LogP contribution in [0, 0.1) is 0 Å². The summed E-state index contributed by atoms with van der Waals surface area (Å²) in [5, 5.41) is 11.8. The SMILES string of the molecule is O=C(Cn1c(=O)[nH]c2ccccc21)NC1(C(=O)O)CCOC1. The van der Waals surface area contributed by atoms with E-state index in [-0.39, 0.29) is 26.2 Å². The van der Waals surface area contributed by atoms with Crippen LogP contribution in [0.1, 0.15) is 6.42 Å². The van der Waals surface area contributed by atoms with E-state index in [1.54, 1.807) is 24.3 Å². The molecule has 1 aromatic heterocycles. The Kier molecular flexibility index (Phi) is 3.45. The van der Waals surface area contributed by atoms with Crippen LogP contribution in [0.15, 0.2) is 29.1 Å². The quantitative estimate of drug-likeness (QED) is 0.717. The standard InChI is InChI=1S/C14H15N3O5/c18-11(16-14(12(19)20)5-6-22-8-14)7-17-10-4-2-1-3-9(10)15-13(17)21/h1-4H,5-8H2,(H,15,21)(H,16,18)(H,19,20). The van der Waals surface area contributed by atoms with Crippen molar-refractivity contribution in [3.63, 3.8) is 0 Å². The van der Waals surface area contributed by atoms with Gasteiger partial charge in [-0.15, -0.1) is 0 Å². The topological polar surface area (TPSA) is 113 Å². The third-order valence-corrected chi connectivity index (χ3v) is 3.79. The number of aromatic amines is 1. The number of fused-ring (bicyclic) bond motifs is 1. The van der Waals surface area contributed by atoms with Gasteiger partial charge in [-0.25, -0.2) is 9.59 Å². The Balaban J connectivity index is 1.83. The minimum Gasteiger partial charge on any atom is -0.479 e. The molecular formula is C14H15N3O5. The molecule has 116 valence electrons. The second-order valence-corrected chi connectivity index (χ2v) is 5.27. The number of H-pyrrole nitrogens is 1. The van der Waals surface area contributed by atoms with Crippen molar-refractivity contribution in [3.8, 4) is 0 Å². The Morgan fingerprint density at radius 1 is 1.41 bits per heavy atom. The number of hydrogen-bond donors (Lipinski definition) is 3. The van der Waals surface area contributed by atoms with E-state index in [0.29, 0.717) is 11.0 Å². The highest BCUT2D eigenvalue weighted by Crippen LogP contribution is 2.19. The van der Waals surface area contributed by atoms with Crippen molar-refractivity contribution in [1.82, 2.24) is 14.9 Å². The average Bonchev–Trinajstić information content (AvgIpc) is 3.06. The number of benzene rings is 1. The van der Waals surface area contributed by atoms with Gasteiger partial charge in [-0.3, -0.25) is 9.36 Å². The summed E-state index contributed by atoms with van der Waals surface area (Å²) in [6, 6.07) is 6.98. The molecule has 1 fully saturated rings. The van der Waals surface area contributed by atoms with Gasteiger partial charge in [0.25, 0.3) is 0 Å². The van der Waals surface area contributed by atoms with Crippen LogP contribution in [0.25, 0.3) is 11.0 Å². The van der Waals surface area contributed by atoms with Crippen LogP contribution < -0.4 is 11.0 Å². The van der Waals surface area contributed by atoms with Crippen molar-refractivity contribution >= 4 is 22.9 Å². The number of nitrogens with zero attached hydrogens (tertiary/aromatic N) is 1. The van der Waals surface area contributed by atoms with Crippen LogP contribution >= 0.6 is 0 Å². The van der Waals surface area contributed by atoms with Gasteiger partial charge in [0.2, 0.25) is 5.91 Å². The highest BCUT2D eigenvalue weighted by molar-refractivity contribution is 5.88. The van der Waals surface area contributed by atoms with Crippen LogP contribution in [-0.4, -0.2) is 45.3 Å². The number of carbonyl (C=O) groups is 2. The molecule has 1 amide bonds. The molecule has 1 aliphatic heterocycles. The molecule has 1 aromatic carbocycles. The number of carboxylic acid groups (broad SMARTS) is 1. The molecule has 22 heavy (non-hydrogen) atoms. The number of amides is 1. The largest absolute Gasteiger partial charge is 0.479 e. The first-order valence-electron chi connectivity index (χ1n) is 6.81. The first kappa shape index (κ1) is 14.3. The Labute approximate surface area is 124 Å². The zero-order valence-electron chi connectivity index (χ0n) is 11.7. The highest BCUT2D eigenvalue weighted by atomic mass is 16.5. The normalized spacial score (nSPS) is 21.1. The van der Waals surface area contributed by atoms with Crippen LogP contribution in [-0.2, 0) is 20.9 Å². The van der Waals surface area contributed by atoms with Crippen molar-refractivity contribution in [2.45, 2.75) is 18.5 Å². The fraction of sp³-hybridized carbons (Fsp3) is 0.357. The summed E-state index contributed by atoms with van der Waals surface area (Å²) in [7, 11) is 0. The molecule has 8 nitrogen and oxygen atoms in total. The molecular weight excluding hydrogens is 290 g/mol. The van der Waals surface area contributed by atoms with Crippen molar-refractivity contribution in [1.29, 1.82) is 0 Å². The highest BCUT2D eigenvalue weighted by Gasteiger charge is 2.43. The lowest BCUT2D eigenvalue weighted by Gasteiger charge is -2.23. The Morgan fingerprint density at radius 3 is 2.86 bits per heavy atom. The maximum atomic E-state index is 12.2. The summed E-state index contributed by atoms with van der Waals surface area (Å²) < 4.78 is 6.36. The van der Waals surface area contributed by atoms with Gasteiger partial charge in [0.15, 0.2) is 5.54 Å². The van der Waals surface area contributed by atoms with Crippen LogP contribution in [0.4, 0.5) is 0 Å². The number of hydrogen-bond acceptors (Lipinski definition) is 4. The molecule has 0 saturated carbocycles. The van der Waals surface area contributed by atoms with E-state index in [2.05, 4.69) is 10.3 Å². The van der Waals surface area contributed by atoms with Gasteiger partial charge in [-0.2, -0.15) is 0 Å². The maximum absolute atomic E-state index is 12.2. The fourth-order valence-corrected chi connectivity index (χ4v) is 2.60. The average molecular weight is 305 g/mol. The van der Waals surface area contributed by atoms with E-state index in [9.17, 15) is 19.5 Å². The molecule has 0 aliphatic carbocycles. The summed E-state index contributed by atoms with van der Waals surface area (Å²) >= 11 is 0. The van der Waals surface area contributed by atoms with Crippen LogP contribution in [0.3, 0.4) is 0 Å². The number of nitrogens with one attached hydrogen (secondary N) is 2. The van der Waals surface area contributed by atoms with Gasteiger partial charge in [0, 0.05) is 13.0 Å². The van der Waals surface area contributed by atoms with E-state index in [1.807, 2.05) is 0 Å². The first-order valence-corrected chi connectivity index (χ1v) is 6.81. The molecule has 3 N–H and O–H groups in total. The van der Waals surface area contributed by atoms with Crippen LogP contribution in [0.2, 0.25) is 0 Å². The number of rotatable bonds is 4. The van der Waals surface area contributed by atoms with E-state index in [0.717, 1.165) is 0 Å². The smallest absolute Gasteiger partial charge is 0.331 e. The molecule has 8 heteroatoms. The second kappa shape index (κ2) is 5.30. The summed E-state index contributed by atoms with van der Waals surface area (Å²) in [6.45, 7) is -0.0473. The molecule has 1 unspecified atom stereocenters.